The maximum atomic E-state index is 12.5. The first kappa shape index (κ1) is 16.9. The molecule has 1 amide bonds. The summed E-state index contributed by atoms with van der Waals surface area (Å²) in [5.74, 6) is 0.854. The molecule has 0 radical (unpaired) electrons. The van der Waals surface area contributed by atoms with Gasteiger partial charge in [-0.15, -0.1) is 0 Å². The summed E-state index contributed by atoms with van der Waals surface area (Å²) >= 11 is 1.60. The van der Waals surface area contributed by atoms with Crippen LogP contribution in [0.15, 0.2) is 34.3 Å². The Bertz CT molecular complexity index is 700. The lowest BCUT2D eigenvalue weighted by atomic mass is 10.0. The Morgan fingerprint density at radius 1 is 1.50 bits per heavy atom. The number of aliphatic imine (C=N–C) groups is 1. The molecule has 24 heavy (non-hydrogen) atoms. The molecule has 2 aliphatic heterocycles. The van der Waals surface area contributed by atoms with Gasteiger partial charge in [-0.1, -0.05) is 29.5 Å². The van der Waals surface area contributed by atoms with Crippen LogP contribution in [-0.4, -0.2) is 35.7 Å². The maximum Gasteiger partial charge on any atom is 0.226 e. The standard InChI is InChI=1S/C18H23N3O2S/c1-4-23-16-6-5-12(2)9-15(16)13(3)20-17(22)10-14-11-24-18-19-7-8-21(14)18/h5-6,9,11,13H,4,7-8,10H2,1-3H3,(H,20,22). The monoisotopic (exact) mass is 345 g/mol. The summed E-state index contributed by atoms with van der Waals surface area (Å²) < 4.78 is 5.69. The third kappa shape index (κ3) is 3.59. The molecule has 0 saturated carbocycles. The highest BCUT2D eigenvalue weighted by Crippen LogP contribution is 2.31. The lowest BCUT2D eigenvalue weighted by molar-refractivity contribution is -0.121. The number of fused-ring (bicyclic) bond motifs is 1. The zero-order valence-corrected chi connectivity index (χ0v) is 15.2. The van der Waals surface area contributed by atoms with E-state index in [-0.39, 0.29) is 11.9 Å². The molecule has 1 aromatic carbocycles. The van der Waals surface area contributed by atoms with Crippen molar-refractivity contribution in [2.75, 3.05) is 19.7 Å². The molecule has 6 heteroatoms. The molecule has 1 atom stereocenters. The summed E-state index contributed by atoms with van der Waals surface area (Å²) in [6, 6.07) is 5.98. The second-order valence-electron chi connectivity index (χ2n) is 5.98. The van der Waals surface area contributed by atoms with Crippen LogP contribution >= 0.6 is 11.8 Å². The molecule has 128 valence electrons. The number of nitrogens with zero attached hydrogens (tertiary/aromatic N) is 2. The first-order chi connectivity index (χ1) is 11.6. The Hall–Kier alpha value is -1.95. The van der Waals surface area contributed by atoms with Gasteiger partial charge in [-0.2, -0.15) is 0 Å². The number of nitrogens with one attached hydrogen (secondary N) is 1. The minimum absolute atomic E-state index is 0.0199. The van der Waals surface area contributed by atoms with E-state index in [9.17, 15) is 4.79 Å². The second kappa shape index (κ2) is 7.30. The van der Waals surface area contributed by atoms with E-state index < -0.39 is 0 Å². The van der Waals surface area contributed by atoms with Crippen LogP contribution in [0.3, 0.4) is 0 Å². The molecule has 1 aromatic rings. The lowest BCUT2D eigenvalue weighted by Gasteiger charge is -2.20. The third-order valence-corrected chi connectivity index (χ3v) is 5.05. The van der Waals surface area contributed by atoms with Crippen molar-refractivity contribution in [3.63, 3.8) is 0 Å². The number of thioether (sulfide) groups is 1. The van der Waals surface area contributed by atoms with Gasteiger partial charge in [0.25, 0.3) is 0 Å². The molecule has 0 aromatic heterocycles. The van der Waals surface area contributed by atoms with Gasteiger partial charge in [0.2, 0.25) is 5.91 Å². The number of amides is 1. The van der Waals surface area contributed by atoms with Crippen molar-refractivity contribution in [3.05, 3.63) is 40.4 Å². The van der Waals surface area contributed by atoms with Gasteiger partial charge in [-0.3, -0.25) is 9.79 Å². The van der Waals surface area contributed by atoms with Crippen LogP contribution in [0.5, 0.6) is 5.75 Å². The summed E-state index contributed by atoms with van der Waals surface area (Å²) in [6.45, 7) is 8.31. The molecule has 2 heterocycles. The molecular weight excluding hydrogens is 322 g/mol. The molecule has 0 spiro atoms. The van der Waals surface area contributed by atoms with E-state index in [0.717, 1.165) is 40.8 Å². The van der Waals surface area contributed by atoms with Crippen molar-refractivity contribution in [3.8, 4) is 5.75 Å². The molecule has 2 aliphatic rings. The van der Waals surface area contributed by atoms with E-state index in [1.54, 1.807) is 11.8 Å². The van der Waals surface area contributed by atoms with Crippen molar-refractivity contribution in [1.29, 1.82) is 0 Å². The fourth-order valence-corrected chi connectivity index (χ4v) is 3.90. The van der Waals surface area contributed by atoms with Gasteiger partial charge in [0.15, 0.2) is 5.17 Å². The average molecular weight is 345 g/mol. The van der Waals surface area contributed by atoms with E-state index >= 15 is 0 Å². The zero-order valence-electron chi connectivity index (χ0n) is 14.3. The molecule has 3 rings (SSSR count). The Labute approximate surface area is 147 Å². The number of benzene rings is 1. The van der Waals surface area contributed by atoms with Crippen LogP contribution in [0, 0.1) is 6.92 Å². The van der Waals surface area contributed by atoms with Gasteiger partial charge >= 0.3 is 0 Å². The summed E-state index contributed by atoms with van der Waals surface area (Å²) in [5.41, 5.74) is 3.21. The number of rotatable bonds is 6. The van der Waals surface area contributed by atoms with Gasteiger partial charge in [-0.25, -0.2) is 0 Å². The lowest BCUT2D eigenvalue weighted by Crippen LogP contribution is -2.30. The average Bonchev–Trinajstić information content (AvgIpc) is 3.14. The fourth-order valence-electron chi connectivity index (χ4n) is 2.94. The van der Waals surface area contributed by atoms with Crippen LogP contribution < -0.4 is 10.1 Å². The van der Waals surface area contributed by atoms with Crippen LogP contribution in [-0.2, 0) is 4.79 Å². The van der Waals surface area contributed by atoms with Crippen molar-refractivity contribution in [2.24, 2.45) is 4.99 Å². The smallest absolute Gasteiger partial charge is 0.226 e. The topological polar surface area (TPSA) is 53.9 Å². The van der Waals surface area contributed by atoms with Gasteiger partial charge in [-0.05, 0) is 32.2 Å². The van der Waals surface area contributed by atoms with E-state index in [1.807, 2.05) is 38.3 Å². The first-order valence-electron chi connectivity index (χ1n) is 8.29. The maximum absolute atomic E-state index is 12.5. The number of ether oxygens (including phenoxy) is 1. The molecule has 0 bridgehead atoms. The molecule has 5 nitrogen and oxygen atoms in total. The molecule has 1 unspecified atom stereocenters. The quantitative estimate of drug-likeness (QED) is 0.860. The minimum Gasteiger partial charge on any atom is -0.494 e. The summed E-state index contributed by atoms with van der Waals surface area (Å²) in [4.78, 5) is 19.0. The second-order valence-corrected chi connectivity index (χ2v) is 6.82. The van der Waals surface area contributed by atoms with E-state index in [0.29, 0.717) is 13.0 Å². The highest BCUT2D eigenvalue weighted by atomic mass is 32.2. The van der Waals surface area contributed by atoms with E-state index in [1.165, 1.54) is 0 Å². The van der Waals surface area contributed by atoms with E-state index in [2.05, 4.69) is 21.3 Å². The first-order valence-corrected chi connectivity index (χ1v) is 9.17. The summed E-state index contributed by atoms with van der Waals surface area (Å²) in [5, 5.41) is 6.14. The molecule has 0 aliphatic carbocycles. The Kier molecular flexibility index (Phi) is 5.14. The Balaban J connectivity index is 1.64. The minimum atomic E-state index is -0.0969. The molecule has 0 saturated heterocycles. The molecule has 0 fully saturated rings. The van der Waals surface area contributed by atoms with Crippen molar-refractivity contribution >= 4 is 22.8 Å². The van der Waals surface area contributed by atoms with Crippen molar-refractivity contribution in [1.82, 2.24) is 10.2 Å². The van der Waals surface area contributed by atoms with Crippen LogP contribution in [0.25, 0.3) is 0 Å². The predicted molar refractivity (Wildman–Crippen MR) is 98.2 cm³/mol. The van der Waals surface area contributed by atoms with Crippen LogP contribution in [0.2, 0.25) is 0 Å². The SMILES string of the molecule is CCOc1ccc(C)cc1C(C)NC(=O)CC1=CSC2=NCCN12. The van der Waals surface area contributed by atoms with Crippen LogP contribution in [0.1, 0.15) is 37.4 Å². The Morgan fingerprint density at radius 3 is 3.12 bits per heavy atom. The van der Waals surface area contributed by atoms with Crippen molar-refractivity contribution in [2.45, 2.75) is 33.2 Å². The molecule has 1 N–H and O–H groups in total. The largest absolute Gasteiger partial charge is 0.494 e. The Morgan fingerprint density at radius 2 is 2.33 bits per heavy atom. The normalized spacial score (nSPS) is 17.2. The summed E-state index contributed by atoms with van der Waals surface area (Å²) in [6.07, 6.45) is 0.381. The third-order valence-electron chi connectivity index (χ3n) is 4.10. The number of hydrogen-bond donors (Lipinski definition) is 1. The number of hydrogen-bond acceptors (Lipinski definition) is 5. The van der Waals surface area contributed by atoms with Crippen molar-refractivity contribution < 1.29 is 9.53 Å². The highest BCUT2D eigenvalue weighted by Gasteiger charge is 2.27. The zero-order chi connectivity index (χ0) is 17.1. The van der Waals surface area contributed by atoms with Crippen LogP contribution in [0.4, 0.5) is 0 Å². The fraction of sp³-hybridized carbons (Fsp3) is 0.444. The van der Waals surface area contributed by atoms with Gasteiger partial charge < -0.3 is 15.0 Å². The number of aryl methyl sites for hydroxylation is 1. The number of amidine groups is 1. The van der Waals surface area contributed by atoms with Gasteiger partial charge in [0.05, 0.1) is 25.6 Å². The summed E-state index contributed by atoms with van der Waals surface area (Å²) in [7, 11) is 0. The number of carbonyl (C=O) groups excluding carboxylic acids is 1. The molecular formula is C18H23N3O2S. The van der Waals surface area contributed by atoms with Gasteiger partial charge in [0, 0.05) is 17.8 Å². The highest BCUT2D eigenvalue weighted by molar-refractivity contribution is 8.16. The number of carbonyl (C=O) groups is 1. The van der Waals surface area contributed by atoms with Gasteiger partial charge in [0.1, 0.15) is 5.75 Å². The predicted octanol–water partition coefficient (Wildman–Crippen LogP) is 3.22. The van der Waals surface area contributed by atoms with E-state index in [4.69, 9.17) is 4.74 Å².